The van der Waals surface area contributed by atoms with Crippen molar-refractivity contribution in [2.75, 3.05) is 6.61 Å². The molecule has 78 valence electrons. The Balaban J connectivity index is 2.29. The lowest BCUT2D eigenvalue weighted by Gasteiger charge is -2.12. The van der Waals surface area contributed by atoms with E-state index in [-0.39, 0.29) is 0 Å². The molecule has 0 unspecified atom stereocenters. The molecule has 1 aliphatic heterocycles. The summed E-state index contributed by atoms with van der Waals surface area (Å²) in [5, 5.41) is 0. The number of nitrogens with zero attached hydrogens (tertiary/aromatic N) is 1. The summed E-state index contributed by atoms with van der Waals surface area (Å²) in [6, 6.07) is 2.27. The second kappa shape index (κ2) is 3.43. The van der Waals surface area contributed by atoms with Crippen LogP contribution in [0.2, 0.25) is 0 Å². The topological polar surface area (TPSA) is 17.5 Å². The second-order valence-electron chi connectivity index (χ2n) is 4.65. The number of aryl methyl sites for hydroxylation is 1. The van der Waals surface area contributed by atoms with Crippen LogP contribution in [-0.2, 0) is 11.3 Å². The molecular formula is C12H19NO. The van der Waals surface area contributed by atoms with E-state index in [1.54, 1.807) is 0 Å². The molecule has 2 heterocycles. The SMILES string of the molecule is Cc1cc([C@H]2CO2)c(C)n1CC(C)C. The first-order chi connectivity index (χ1) is 6.59. The fraction of sp³-hybridized carbons (Fsp3) is 0.667. The molecule has 0 bridgehead atoms. The molecule has 0 aliphatic carbocycles. The zero-order valence-electron chi connectivity index (χ0n) is 9.50. The van der Waals surface area contributed by atoms with Crippen LogP contribution in [0.25, 0.3) is 0 Å². The van der Waals surface area contributed by atoms with Gasteiger partial charge in [0, 0.05) is 23.5 Å². The first-order valence-corrected chi connectivity index (χ1v) is 5.38. The summed E-state index contributed by atoms with van der Waals surface area (Å²) < 4.78 is 7.74. The van der Waals surface area contributed by atoms with E-state index in [9.17, 15) is 0 Å². The van der Waals surface area contributed by atoms with Crippen molar-refractivity contribution in [2.45, 2.75) is 40.3 Å². The maximum atomic E-state index is 5.34. The van der Waals surface area contributed by atoms with Gasteiger partial charge in [-0.1, -0.05) is 13.8 Å². The molecule has 1 atom stereocenters. The van der Waals surface area contributed by atoms with Gasteiger partial charge < -0.3 is 9.30 Å². The Morgan fingerprint density at radius 3 is 2.64 bits per heavy atom. The van der Waals surface area contributed by atoms with Gasteiger partial charge in [-0.25, -0.2) is 0 Å². The molecule has 2 nitrogen and oxygen atoms in total. The predicted octanol–water partition coefficient (Wildman–Crippen LogP) is 2.83. The first kappa shape index (κ1) is 9.78. The molecule has 1 aromatic rings. The van der Waals surface area contributed by atoms with Gasteiger partial charge >= 0.3 is 0 Å². The largest absolute Gasteiger partial charge is 0.368 e. The van der Waals surface area contributed by atoms with E-state index in [4.69, 9.17) is 4.74 Å². The average molecular weight is 193 g/mol. The Kier molecular flexibility index (Phi) is 2.40. The number of rotatable bonds is 3. The lowest BCUT2D eigenvalue weighted by atomic mass is 10.2. The molecular weight excluding hydrogens is 174 g/mol. The summed E-state index contributed by atoms with van der Waals surface area (Å²) in [5.41, 5.74) is 4.14. The lowest BCUT2D eigenvalue weighted by molar-refractivity contribution is 0.414. The van der Waals surface area contributed by atoms with Crippen LogP contribution < -0.4 is 0 Å². The van der Waals surface area contributed by atoms with E-state index in [0.29, 0.717) is 12.0 Å². The van der Waals surface area contributed by atoms with Crippen LogP contribution in [0.5, 0.6) is 0 Å². The van der Waals surface area contributed by atoms with Gasteiger partial charge in [-0.05, 0) is 25.8 Å². The Labute approximate surface area is 85.9 Å². The van der Waals surface area contributed by atoms with E-state index in [1.165, 1.54) is 17.0 Å². The summed E-state index contributed by atoms with van der Waals surface area (Å²) in [6.07, 6.45) is 0.391. The number of epoxide rings is 1. The third kappa shape index (κ3) is 1.71. The zero-order chi connectivity index (χ0) is 10.3. The normalized spacial score (nSPS) is 20.5. The standard InChI is InChI=1S/C12H19NO/c1-8(2)6-13-9(3)5-11(10(13)4)12-7-14-12/h5,8,12H,6-7H2,1-4H3/t12-/m1/s1. The molecule has 1 aromatic heterocycles. The summed E-state index contributed by atoms with van der Waals surface area (Å²) in [7, 11) is 0. The highest BCUT2D eigenvalue weighted by Crippen LogP contribution is 2.34. The van der Waals surface area contributed by atoms with Crippen LogP contribution in [0.3, 0.4) is 0 Å². The molecule has 14 heavy (non-hydrogen) atoms. The Morgan fingerprint density at radius 1 is 1.50 bits per heavy atom. The van der Waals surface area contributed by atoms with E-state index in [2.05, 4.69) is 38.3 Å². The van der Waals surface area contributed by atoms with Crippen molar-refractivity contribution in [3.05, 3.63) is 23.0 Å². The monoisotopic (exact) mass is 193 g/mol. The van der Waals surface area contributed by atoms with Crippen molar-refractivity contribution >= 4 is 0 Å². The maximum Gasteiger partial charge on any atom is 0.108 e. The third-order valence-electron chi connectivity index (χ3n) is 2.84. The van der Waals surface area contributed by atoms with E-state index in [1.807, 2.05) is 0 Å². The molecule has 1 fully saturated rings. The fourth-order valence-electron chi connectivity index (χ4n) is 2.03. The maximum absolute atomic E-state index is 5.34. The molecule has 0 aromatic carbocycles. The molecule has 0 spiro atoms. The van der Waals surface area contributed by atoms with Gasteiger partial charge in [0.1, 0.15) is 6.10 Å². The molecule has 1 saturated heterocycles. The molecule has 1 aliphatic rings. The van der Waals surface area contributed by atoms with Crippen LogP contribution in [0.1, 0.15) is 36.9 Å². The smallest absolute Gasteiger partial charge is 0.108 e. The van der Waals surface area contributed by atoms with Crippen molar-refractivity contribution < 1.29 is 4.74 Å². The Hall–Kier alpha value is -0.760. The van der Waals surface area contributed by atoms with E-state index < -0.39 is 0 Å². The van der Waals surface area contributed by atoms with Crippen molar-refractivity contribution in [2.24, 2.45) is 5.92 Å². The average Bonchev–Trinajstić information content (AvgIpc) is 2.88. The fourth-order valence-corrected chi connectivity index (χ4v) is 2.03. The molecule has 0 radical (unpaired) electrons. The van der Waals surface area contributed by atoms with Crippen molar-refractivity contribution in [1.29, 1.82) is 0 Å². The minimum atomic E-state index is 0.391. The number of hydrogen-bond donors (Lipinski definition) is 0. The van der Waals surface area contributed by atoms with Crippen LogP contribution in [0.4, 0.5) is 0 Å². The van der Waals surface area contributed by atoms with Crippen LogP contribution in [0.15, 0.2) is 6.07 Å². The van der Waals surface area contributed by atoms with Gasteiger partial charge in [-0.2, -0.15) is 0 Å². The van der Waals surface area contributed by atoms with Gasteiger partial charge in [0.2, 0.25) is 0 Å². The van der Waals surface area contributed by atoms with Gasteiger partial charge in [-0.15, -0.1) is 0 Å². The van der Waals surface area contributed by atoms with Crippen molar-refractivity contribution in [1.82, 2.24) is 4.57 Å². The Morgan fingerprint density at radius 2 is 2.14 bits per heavy atom. The summed E-state index contributed by atoms with van der Waals surface area (Å²) in [6.45, 7) is 10.9. The van der Waals surface area contributed by atoms with Crippen molar-refractivity contribution in [3.63, 3.8) is 0 Å². The highest BCUT2D eigenvalue weighted by molar-refractivity contribution is 5.30. The van der Waals surface area contributed by atoms with Crippen LogP contribution in [0, 0.1) is 19.8 Å². The summed E-state index contributed by atoms with van der Waals surface area (Å²) in [4.78, 5) is 0. The molecule has 0 saturated carbocycles. The minimum absolute atomic E-state index is 0.391. The Bertz CT molecular complexity index is 334. The van der Waals surface area contributed by atoms with Gasteiger partial charge in [-0.3, -0.25) is 0 Å². The first-order valence-electron chi connectivity index (χ1n) is 5.38. The summed E-state index contributed by atoms with van der Waals surface area (Å²) >= 11 is 0. The van der Waals surface area contributed by atoms with Crippen LogP contribution >= 0.6 is 0 Å². The van der Waals surface area contributed by atoms with Crippen LogP contribution in [-0.4, -0.2) is 11.2 Å². The van der Waals surface area contributed by atoms with E-state index >= 15 is 0 Å². The van der Waals surface area contributed by atoms with Gasteiger partial charge in [0.25, 0.3) is 0 Å². The number of ether oxygens (including phenoxy) is 1. The third-order valence-corrected chi connectivity index (χ3v) is 2.84. The van der Waals surface area contributed by atoms with E-state index in [0.717, 1.165) is 13.2 Å². The highest BCUT2D eigenvalue weighted by Gasteiger charge is 2.28. The predicted molar refractivity (Wildman–Crippen MR) is 57.4 cm³/mol. The minimum Gasteiger partial charge on any atom is -0.368 e. The number of hydrogen-bond acceptors (Lipinski definition) is 1. The highest BCUT2D eigenvalue weighted by atomic mass is 16.6. The molecule has 0 N–H and O–H groups in total. The number of aromatic nitrogens is 1. The summed E-state index contributed by atoms with van der Waals surface area (Å²) in [5.74, 6) is 0.702. The van der Waals surface area contributed by atoms with Gasteiger partial charge in [0.05, 0.1) is 6.61 Å². The lowest BCUT2D eigenvalue weighted by Crippen LogP contribution is -2.07. The molecule has 2 heteroatoms. The molecule has 2 rings (SSSR count). The zero-order valence-corrected chi connectivity index (χ0v) is 9.50. The van der Waals surface area contributed by atoms with Crippen molar-refractivity contribution in [3.8, 4) is 0 Å². The molecule has 0 amide bonds. The second-order valence-corrected chi connectivity index (χ2v) is 4.65. The quantitative estimate of drug-likeness (QED) is 0.675. The van der Waals surface area contributed by atoms with Gasteiger partial charge in [0.15, 0.2) is 0 Å².